The SMILES string of the molecule is C#CCn1c(C(C)Cl)nc2cc(Br)ccc21. The van der Waals surface area contributed by atoms with E-state index in [0.717, 1.165) is 21.3 Å². The molecule has 0 N–H and O–H groups in total. The molecule has 0 aliphatic carbocycles. The van der Waals surface area contributed by atoms with Crippen molar-refractivity contribution in [1.82, 2.24) is 9.55 Å². The van der Waals surface area contributed by atoms with Gasteiger partial charge in [-0.3, -0.25) is 0 Å². The highest BCUT2D eigenvalue weighted by Gasteiger charge is 2.14. The first-order valence-electron chi connectivity index (χ1n) is 4.86. The number of nitrogens with zero attached hydrogens (tertiary/aromatic N) is 2. The van der Waals surface area contributed by atoms with Crippen molar-refractivity contribution >= 4 is 38.6 Å². The van der Waals surface area contributed by atoms with Crippen molar-refractivity contribution in [2.45, 2.75) is 18.8 Å². The van der Waals surface area contributed by atoms with Crippen LogP contribution in [-0.4, -0.2) is 9.55 Å². The third-order valence-corrected chi connectivity index (χ3v) is 3.03. The lowest BCUT2D eigenvalue weighted by molar-refractivity contribution is 0.769. The molecule has 0 fully saturated rings. The highest BCUT2D eigenvalue weighted by Crippen LogP contribution is 2.26. The van der Waals surface area contributed by atoms with E-state index in [1.165, 1.54) is 0 Å². The second kappa shape index (κ2) is 4.48. The van der Waals surface area contributed by atoms with E-state index in [0.29, 0.717) is 6.54 Å². The Bertz CT molecular complexity index is 566. The zero-order valence-electron chi connectivity index (χ0n) is 8.74. The van der Waals surface area contributed by atoms with Crippen LogP contribution in [0.1, 0.15) is 18.1 Å². The van der Waals surface area contributed by atoms with Gasteiger partial charge in [-0.15, -0.1) is 18.0 Å². The molecule has 82 valence electrons. The third-order valence-electron chi connectivity index (χ3n) is 2.34. The number of fused-ring (bicyclic) bond motifs is 1. The molecule has 2 aromatic rings. The minimum absolute atomic E-state index is 0.153. The van der Waals surface area contributed by atoms with Gasteiger partial charge in [0.2, 0.25) is 0 Å². The Kier molecular flexibility index (Phi) is 3.22. The molecule has 1 aromatic heterocycles. The van der Waals surface area contributed by atoms with Crippen molar-refractivity contribution in [1.29, 1.82) is 0 Å². The summed E-state index contributed by atoms with van der Waals surface area (Å²) in [7, 11) is 0. The predicted octanol–water partition coefficient (Wildman–Crippen LogP) is 3.73. The lowest BCUT2D eigenvalue weighted by Gasteiger charge is -2.06. The normalized spacial score (nSPS) is 12.6. The molecule has 0 amide bonds. The summed E-state index contributed by atoms with van der Waals surface area (Å²) in [4.78, 5) is 4.50. The van der Waals surface area contributed by atoms with Crippen LogP contribution in [0, 0.1) is 12.3 Å². The lowest BCUT2D eigenvalue weighted by Crippen LogP contribution is -2.02. The fourth-order valence-electron chi connectivity index (χ4n) is 1.68. The Morgan fingerprint density at radius 3 is 3.00 bits per heavy atom. The molecule has 0 radical (unpaired) electrons. The Balaban J connectivity index is 2.71. The van der Waals surface area contributed by atoms with E-state index < -0.39 is 0 Å². The molecule has 4 heteroatoms. The fourth-order valence-corrected chi connectivity index (χ4v) is 2.20. The second-order valence-electron chi connectivity index (χ2n) is 3.51. The smallest absolute Gasteiger partial charge is 0.128 e. The van der Waals surface area contributed by atoms with E-state index >= 15 is 0 Å². The van der Waals surface area contributed by atoms with Crippen molar-refractivity contribution in [3.8, 4) is 12.3 Å². The first-order chi connectivity index (χ1) is 7.63. The van der Waals surface area contributed by atoms with Crippen LogP contribution in [0.2, 0.25) is 0 Å². The summed E-state index contributed by atoms with van der Waals surface area (Å²) in [5.41, 5.74) is 1.93. The summed E-state index contributed by atoms with van der Waals surface area (Å²) in [6.07, 6.45) is 5.36. The molecule has 0 bridgehead atoms. The number of terminal acetylenes is 1. The van der Waals surface area contributed by atoms with E-state index in [1.54, 1.807) is 0 Å². The van der Waals surface area contributed by atoms with Gasteiger partial charge in [-0.25, -0.2) is 4.98 Å². The highest BCUT2D eigenvalue weighted by molar-refractivity contribution is 9.10. The van der Waals surface area contributed by atoms with E-state index in [4.69, 9.17) is 18.0 Å². The van der Waals surface area contributed by atoms with Crippen LogP contribution in [0.3, 0.4) is 0 Å². The number of alkyl halides is 1. The molecular formula is C12H10BrClN2. The van der Waals surface area contributed by atoms with Gasteiger partial charge in [-0.1, -0.05) is 21.9 Å². The van der Waals surface area contributed by atoms with Crippen LogP contribution in [0.25, 0.3) is 11.0 Å². The van der Waals surface area contributed by atoms with Crippen LogP contribution >= 0.6 is 27.5 Å². The zero-order valence-corrected chi connectivity index (χ0v) is 11.1. The van der Waals surface area contributed by atoms with Crippen molar-refractivity contribution in [3.63, 3.8) is 0 Å². The van der Waals surface area contributed by atoms with Gasteiger partial charge in [0.15, 0.2) is 0 Å². The summed E-state index contributed by atoms with van der Waals surface area (Å²) in [5, 5.41) is -0.153. The maximum atomic E-state index is 6.09. The molecule has 1 unspecified atom stereocenters. The van der Waals surface area contributed by atoms with Gasteiger partial charge in [-0.05, 0) is 25.1 Å². The van der Waals surface area contributed by atoms with Gasteiger partial charge >= 0.3 is 0 Å². The molecule has 1 atom stereocenters. The molecule has 0 saturated carbocycles. The average molecular weight is 298 g/mol. The summed E-state index contributed by atoms with van der Waals surface area (Å²) in [6, 6.07) is 5.93. The summed E-state index contributed by atoms with van der Waals surface area (Å²) < 4.78 is 2.97. The van der Waals surface area contributed by atoms with E-state index in [1.807, 2.05) is 29.7 Å². The molecule has 2 nitrogen and oxygen atoms in total. The highest BCUT2D eigenvalue weighted by atomic mass is 79.9. The van der Waals surface area contributed by atoms with Crippen molar-refractivity contribution in [2.75, 3.05) is 0 Å². The van der Waals surface area contributed by atoms with Crippen LogP contribution in [-0.2, 0) is 6.54 Å². The minimum Gasteiger partial charge on any atom is -0.315 e. The number of hydrogen-bond donors (Lipinski definition) is 0. The summed E-state index contributed by atoms with van der Waals surface area (Å²) in [6.45, 7) is 2.38. The predicted molar refractivity (Wildman–Crippen MR) is 70.5 cm³/mol. The minimum atomic E-state index is -0.153. The first kappa shape index (κ1) is 11.5. The molecule has 1 aromatic carbocycles. The van der Waals surface area contributed by atoms with Gasteiger partial charge in [0, 0.05) is 4.47 Å². The number of benzene rings is 1. The van der Waals surface area contributed by atoms with Crippen molar-refractivity contribution < 1.29 is 0 Å². The first-order valence-corrected chi connectivity index (χ1v) is 6.09. The average Bonchev–Trinajstić information content (AvgIpc) is 2.57. The van der Waals surface area contributed by atoms with Crippen LogP contribution in [0.5, 0.6) is 0 Å². The van der Waals surface area contributed by atoms with Gasteiger partial charge in [0.25, 0.3) is 0 Å². The molecule has 0 saturated heterocycles. The Labute approximate surface area is 108 Å². The van der Waals surface area contributed by atoms with Crippen LogP contribution in [0.4, 0.5) is 0 Å². The van der Waals surface area contributed by atoms with Gasteiger partial charge in [0.05, 0.1) is 23.0 Å². The molecule has 1 heterocycles. The fraction of sp³-hybridized carbons (Fsp3) is 0.250. The number of hydrogen-bond acceptors (Lipinski definition) is 1. The van der Waals surface area contributed by atoms with E-state index in [-0.39, 0.29) is 5.38 Å². The molecular weight excluding hydrogens is 288 g/mol. The maximum Gasteiger partial charge on any atom is 0.128 e. The Morgan fingerprint density at radius 2 is 2.38 bits per heavy atom. The second-order valence-corrected chi connectivity index (χ2v) is 5.08. The number of halogens is 2. The zero-order chi connectivity index (χ0) is 11.7. The van der Waals surface area contributed by atoms with Crippen molar-refractivity contribution in [2.24, 2.45) is 0 Å². The summed E-state index contributed by atoms with van der Waals surface area (Å²) in [5.74, 6) is 3.44. The number of rotatable bonds is 2. The number of aromatic nitrogens is 2. The van der Waals surface area contributed by atoms with Gasteiger partial charge < -0.3 is 4.57 Å². The molecule has 0 spiro atoms. The third kappa shape index (κ3) is 1.95. The summed E-state index contributed by atoms with van der Waals surface area (Å²) >= 11 is 9.51. The van der Waals surface area contributed by atoms with E-state index in [2.05, 4.69) is 26.8 Å². The van der Waals surface area contributed by atoms with Crippen LogP contribution < -0.4 is 0 Å². The molecule has 2 rings (SSSR count). The quantitative estimate of drug-likeness (QED) is 0.610. The molecule has 0 aliphatic rings. The van der Waals surface area contributed by atoms with Gasteiger partial charge in [0.1, 0.15) is 5.82 Å². The van der Waals surface area contributed by atoms with Gasteiger partial charge in [-0.2, -0.15) is 0 Å². The maximum absolute atomic E-state index is 6.09. The monoisotopic (exact) mass is 296 g/mol. The van der Waals surface area contributed by atoms with Crippen molar-refractivity contribution in [3.05, 3.63) is 28.5 Å². The van der Waals surface area contributed by atoms with Crippen LogP contribution in [0.15, 0.2) is 22.7 Å². The molecule has 16 heavy (non-hydrogen) atoms. The largest absolute Gasteiger partial charge is 0.315 e. The van der Waals surface area contributed by atoms with E-state index in [9.17, 15) is 0 Å². The standard InChI is InChI=1S/C12H10BrClN2/c1-3-6-16-11-5-4-9(13)7-10(11)15-12(16)8(2)14/h1,4-5,7-8H,6H2,2H3. The molecule has 0 aliphatic heterocycles. The topological polar surface area (TPSA) is 17.8 Å². The number of imidazole rings is 1. The Hall–Kier alpha value is -0.980. The Morgan fingerprint density at radius 1 is 1.62 bits per heavy atom. The lowest BCUT2D eigenvalue weighted by atomic mass is 10.3.